The molecular weight excluding hydrogens is 574 g/mol. The van der Waals surface area contributed by atoms with Crippen LogP contribution >= 0.6 is 0 Å². The number of fused-ring (bicyclic) bond motifs is 4. The molecular formula is C30H22F6N6O. The summed E-state index contributed by atoms with van der Waals surface area (Å²) in [7, 11) is 0. The van der Waals surface area contributed by atoms with Crippen LogP contribution in [-0.2, 0) is 23.7 Å². The van der Waals surface area contributed by atoms with Gasteiger partial charge in [0.05, 0.1) is 11.7 Å². The molecule has 1 saturated carbocycles. The van der Waals surface area contributed by atoms with E-state index >= 15 is 8.78 Å². The van der Waals surface area contributed by atoms with Crippen LogP contribution < -0.4 is 5.32 Å². The highest BCUT2D eigenvalue weighted by Gasteiger charge is 2.67. The Kier molecular flexibility index (Phi) is 6.29. The predicted molar refractivity (Wildman–Crippen MR) is 141 cm³/mol. The van der Waals surface area contributed by atoms with Crippen molar-refractivity contribution in [2.24, 2.45) is 5.92 Å². The Balaban J connectivity index is 1.25. The van der Waals surface area contributed by atoms with Gasteiger partial charge in [0.15, 0.2) is 0 Å². The Morgan fingerprint density at radius 3 is 2.60 bits per heavy atom. The molecule has 7 nitrogen and oxygen atoms in total. The molecule has 220 valence electrons. The van der Waals surface area contributed by atoms with Crippen molar-refractivity contribution in [3.05, 3.63) is 107 Å². The van der Waals surface area contributed by atoms with Crippen molar-refractivity contribution < 1.29 is 31.1 Å². The van der Waals surface area contributed by atoms with E-state index in [4.69, 9.17) is 0 Å². The fraction of sp³-hybridized carbons (Fsp3) is 0.267. The summed E-state index contributed by atoms with van der Waals surface area (Å²) in [4.78, 5) is 22.1. The molecule has 4 aromatic heterocycles. The van der Waals surface area contributed by atoms with Crippen LogP contribution in [-0.4, -0.2) is 30.1 Å². The van der Waals surface area contributed by atoms with E-state index in [0.717, 1.165) is 12.1 Å². The number of benzene rings is 1. The molecule has 0 saturated heterocycles. The number of hydrogen-bond acceptors (Lipinski definition) is 4. The van der Waals surface area contributed by atoms with E-state index in [1.54, 1.807) is 47.3 Å². The maximum atomic E-state index is 15.1. The average Bonchev–Trinajstić information content (AvgIpc) is 3.36. The predicted octanol–water partition coefficient (Wildman–Crippen LogP) is 6.12. The van der Waals surface area contributed by atoms with Gasteiger partial charge in [-0.05, 0) is 54.7 Å². The zero-order valence-corrected chi connectivity index (χ0v) is 22.2. The number of carbonyl (C=O) groups excluding carboxylic acids is 1. The van der Waals surface area contributed by atoms with Crippen LogP contribution in [0.5, 0.6) is 0 Å². The molecule has 1 N–H and O–H groups in total. The zero-order chi connectivity index (χ0) is 30.0. The summed E-state index contributed by atoms with van der Waals surface area (Å²) in [6.45, 7) is -0.763. The van der Waals surface area contributed by atoms with Crippen molar-refractivity contribution in [1.29, 1.82) is 0 Å². The minimum absolute atomic E-state index is 0.0944. The normalized spacial score (nSPS) is 19.0. The van der Waals surface area contributed by atoms with E-state index in [0.29, 0.717) is 33.2 Å². The van der Waals surface area contributed by atoms with Gasteiger partial charge in [-0.3, -0.25) is 14.5 Å². The fourth-order valence-electron chi connectivity index (χ4n) is 6.15. The lowest BCUT2D eigenvalue weighted by Gasteiger charge is -2.22. The molecule has 43 heavy (non-hydrogen) atoms. The van der Waals surface area contributed by atoms with Crippen LogP contribution in [0.1, 0.15) is 53.0 Å². The number of pyridine rings is 2. The molecule has 5 aromatic rings. The first-order valence-electron chi connectivity index (χ1n) is 13.5. The van der Waals surface area contributed by atoms with E-state index in [1.165, 1.54) is 6.20 Å². The summed E-state index contributed by atoms with van der Waals surface area (Å²) < 4.78 is 88.2. The second kappa shape index (κ2) is 9.96. The molecule has 0 radical (unpaired) electrons. The molecule has 0 spiro atoms. The van der Waals surface area contributed by atoms with Crippen molar-refractivity contribution in [2.45, 2.75) is 43.7 Å². The lowest BCUT2D eigenvalue weighted by molar-refractivity contribution is -0.123. The number of nitrogens with zero attached hydrogens (tertiary/aromatic N) is 5. The summed E-state index contributed by atoms with van der Waals surface area (Å²) in [5.41, 5.74) is 0.957. The number of amides is 1. The van der Waals surface area contributed by atoms with Gasteiger partial charge in [-0.2, -0.15) is 13.9 Å². The first kappa shape index (κ1) is 27.2. The Bertz CT molecular complexity index is 1860. The number of aromatic nitrogens is 5. The third-order valence-electron chi connectivity index (χ3n) is 8.03. The number of rotatable bonds is 8. The van der Waals surface area contributed by atoms with Crippen LogP contribution in [0.2, 0.25) is 0 Å². The molecule has 13 heteroatoms. The van der Waals surface area contributed by atoms with E-state index in [1.807, 2.05) is 0 Å². The topological polar surface area (TPSA) is 77.1 Å². The van der Waals surface area contributed by atoms with Crippen LogP contribution in [0, 0.1) is 17.6 Å². The molecule has 2 aliphatic carbocycles. The second-order valence-electron chi connectivity index (χ2n) is 10.8. The Labute approximate surface area is 240 Å². The van der Waals surface area contributed by atoms with Gasteiger partial charge < -0.3 is 9.72 Å². The van der Waals surface area contributed by atoms with E-state index in [9.17, 15) is 22.4 Å². The average molecular weight is 597 g/mol. The Morgan fingerprint density at radius 1 is 1.05 bits per heavy atom. The molecule has 1 amide bonds. The number of nitrogens with one attached hydrogen (secondary N) is 1. The number of imidazole rings is 1. The van der Waals surface area contributed by atoms with Gasteiger partial charge in [-0.1, -0.05) is 6.07 Å². The molecule has 7 rings (SSSR count). The van der Waals surface area contributed by atoms with Crippen molar-refractivity contribution in [1.82, 2.24) is 29.5 Å². The van der Waals surface area contributed by atoms with E-state index in [-0.39, 0.29) is 24.0 Å². The molecule has 3 atom stereocenters. The maximum absolute atomic E-state index is 15.1. The molecule has 4 heterocycles. The van der Waals surface area contributed by atoms with Gasteiger partial charge in [0.1, 0.15) is 35.2 Å². The monoisotopic (exact) mass is 596 g/mol. The van der Waals surface area contributed by atoms with Gasteiger partial charge in [-0.25, -0.2) is 22.5 Å². The minimum atomic E-state index is -3.39. The first-order chi connectivity index (χ1) is 20.6. The third kappa shape index (κ3) is 4.72. The first-order valence-corrected chi connectivity index (χ1v) is 13.5. The molecule has 1 aromatic carbocycles. The molecule has 2 aliphatic rings. The molecule has 0 bridgehead atoms. The lowest BCUT2D eigenvalue weighted by Crippen LogP contribution is -2.35. The lowest BCUT2D eigenvalue weighted by atomic mass is 9.96. The number of hydrogen-bond donors (Lipinski definition) is 1. The standard InChI is InChI=1S/C30H22F6N6O/c31-17-8-15(9-18(32)11-17)10-22(26-19(2-1-5-38-26)16-3-4-23-37-6-7-41(23)13-16)39-24(43)14-42-28-25(27(40-42)29(33)34)20-12-21(20)30(28,35)36/h1-9,11,13,20-22,29H,10,12,14H2,(H,39,43)/t20?,21?,22-/m0/s1. The smallest absolute Gasteiger partial charge is 0.293 e. The van der Waals surface area contributed by atoms with Crippen LogP contribution in [0.25, 0.3) is 16.8 Å². The van der Waals surface area contributed by atoms with Gasteiger partial charge in [0.2, 0.25) is 5.91 Å². The second-order valence-corrected chi connectivity index (χ2v) is 10.8. The summed E-state index contributed by atoms with van der Waals surface area (Å²) in [6, 6.07) is 8.98. The van der Waals surface area contributed by atoms with Crippen molar-refractivity contribution in [2.75, 3.05) is 0 Å². The number of halogens is 6. The summed E-state index contributed by atoms with van der Waals surface area (Å²) in [5.74, 6) is -7.62. The highest BCUT2D eigenvalue weighted by atomic mass is 19.3. The maximum Gasteiger partial charge on any atom is 0.293 e. The zero-order valence-electron chi connectivity index (χ0n) is 22.2. The summed E-state index contributed by atoms with van der Waals surface area (Å²) in [5, 5.41) is 6.45. The largest absolute Gasteiger partial charge is 0.346 e. The summed E-state index contributed by atoms with van der Waals surface area (Å²) >= 11 is 0. The quantitative estimate of drug-likeness (QED) is 0.219. The highest BCUT2D eigenvalue weighted by Crippen LogP contribution is 2.68. The number of carbonyl (C=O) groups is 1. The van der Waals surface area contributed by atoms with Crippen molar-refractivity contribution in [3.8, 4) is 11.1 Å². The van der Waals surface area contributed by atoms with Crippen LogP contribution in [0.15, 0.2) is 67.3 Å². The van der Waals surface area contributed by atoms with Gasteiger partial charge in [-0.15, -0.1) is 0 Å². The van der Waals surface area contributed by atoms with Gasteiger partial charge in [0, 0.05) is 53.5 Å². The van der Waals surface area contributed by atoms with Crippen LogP contribution in [0.4, 0.5) is 26.3 Å². The van der Waals surface area contributed by atoms with E-state index < -0.39 is 65.7 Å². The van der Waals surface area contributed by atoms with Crippen LogP contribution in [0.3, 0.4) is 0 Å². The molecule has 2 unspecified atom stereocenters. The Hall–Kier alpha value is -4.68. The summed E-state index contributed by atoms with van der Waals surface area (Å²) in [6.07, 6.45) is 3.57. The SMILES string of the molecule is O=C(Cn1nc(C(F)F)c2c1C(F)(F)C1CC21)N[C@@H](Cc1cc(F)cc(F)c1)c1ncccc1-c1ccc2nccn2c1. The number of alkyl halides is 4. The van der Waals surface area contributed by atoms with Gasteiger partial charge in [0.25, 0.3) is 12.3 Å². The van der Waals surface area contributed by atoms with Gasteiger partial charge >= 0.3 is 0 Å². The highest BCUT2D eigenvalue weighted by molar-refractivity contribution is 5.77. The minimum Gasteiger partial charge on any atom is -0.346 e. The van der Waals surface area contributed by atoms with Crippen molar-refractivity contribution in [3.63, 3.8) is 0 Å². The fourth-order valence-corrected chi connectivity index (χ4v) is 6.15. The van der Waals surface area contributed by atoms with E-state index in [2.05, 4.69) is 20.4 Å². The molecule has 0 aliphatic heterocycles. The Morgan fingerprint density at radius 2 is 1.84 bits per heavy atom. The molecule has 1 fully saturated rings. The third-order valence-corrected chi connectivity index (χ3v) is 8.03. The van der Waals surface area contributed by atoms with Crippen molar-refractivity contribution >= 4 is 11.6 Å².